The molecule has 4 heterocycles. The van der Waals surface area contributed by atoms with E-state index in [0.717, 1.165) is 13.1 Å². The lowest BCUT2D eigenvalue weighted by Crippen LogP contribution is -2.46. The van der Waals surface area contributed by atoms with Crippen LogP contribution in [0.15, 0.2) is 41.2 Å². The van der Waals surface area contributed by atoms with Crippen LogP contribution in [-0.4, -0.2) is 130 Å². The number of hydrazone groups is 1. The SMILES string of the molecule is CO[C@H]1/C=C/O[C@@]2(C)Oc3c(C)c(O)c4c(O)c(c(C=NN5CCN(C)CC5)c(O)c4c3C2=O)NC(=O)/C(C)=C/C=C/[C@H](C)[C@H](O)[C@@H](C)[C@@H](O)[C@@H](C)[C@H](OC(C)=O)[C@@H]1C. The highest BCUT2D eigenvalue weighted by atomic mass is 16.7. The molecule has 2 aromatic carbocycles. The molecule has 322 valence electrons. The lowest BCUT2D eigenvalue weighted by atomic mass is 9.78. The Balaban J connectivity index is 1.70. The number of methoxy groups -OCH3 is 1. The maximum absolute atomic E-state index is 14.4. The normalized spacial score (nSPS) is 32.1. The number of hydrogen-bond donors (Lipinski definition) is 6. The van der Waals surface area contributed by atoms with Crippen molar-refractivity contribution in [2.75, 3.05) is 45.7 Å². The third-order valence-electron chi connectivity index (χ3n) is 11.9. The standard InChI is InChI=1S/C43H58N4O12/c1-21-12-11-13-22(2)42(55)45-33-28(20-44-47-17-15-46(9)16-18-47)37(52)30-31(38(33)53)36(51)26(6)40-32(30)41(54)43(8,59-40)57-19-14-29(56-10)23(3)39(58-27(7)48)25(5)35(50)24(4)34(21)49/h11-14,19-21,23-25,29,34-35,39,49-53H,15-18H2,1-10H3,(H,45,55)/b12-11+,19-14+,22-13+,44-20?/t21-,23+,24+,25+,29-,34-,35+,39+,43-/m0/s1. The molecule has 2 aromatic rings. The zero-order valence-electron chi connectivity index (χ0n) is 35.3. The number of aliphatic hydroxyl groups is 2. The predicted molar refractivity (Wildman–Crippen MR) is 220 cm³/mol. The van der Waals surface area contributed by atoms with Gasteiger partial charge in [-0.05, 0) is 27.0 Å². The molecule has 6 rings (SSSR count). The zero-order chi connectivity index (χ0) is 43.7. The maximum atomic E-state index is 14.4. The summed E-state index contributed by atoms with van der Waals surface area (Å²) in [6.07, 6.45) is 4.86. The average molecular weight is 823 g/mol. The Labute approximate surface area is 344 Å². The van der Waals surface area contributed by atoms with Crippen molar-refractivity contribution in [3.05, 3.63) is 52.8 Å². The number of nitrogens with one attached hydrogen (secondary N) is 1. The fourth-order valence-corrected chi connectivity index (χ4v) is 7.92. The molecule has 59 heavy (non-hydrogen) atoms. The van der Waals surface area contributed by atoms with Gasteiger partial charge in [-0.1, -0.05) is 45.9 Å². The molecule has 5 bridgehead atoms. The molecule has 1 saturated heterocycles. The molecule has 0 spiro atoms. The first kappa shape index (κ1) is 44.9. The molecule has 0 aromatic heterocycles. The number of amides is 1. The van der Waals surface area contributed by atoms with E-state index in [2.05, 4.69) is 15.3 Å². The third-order valence-corrected chi connectivity index (χ3v) is 11.9. The number of phenols is 3. The van der Waals surface area contributed by atoms with Crippen LogP contribution < -0.4 is 10.1 Å². The molecule has 0 saturated carbocycles. The number of piperazine rings is 1. The van der Waals surface area contributed by atoms with Gasteiger partial charge in [-0.15, -0.1) is 0 Å². The number of nitrogens with zero attached hydrogens (tertiary/aromatic N) is 3. The van der Waals surface area contributed by atoms with Crippen molar-refractivity contribution in [3.8, 4) is 23.0 Å². The fourth-order valence-electron chi connectivity index (χ4n) is 7.92. The van der Waals surface area contributed by atoms with Crippen LogP contribution in [0.25, 0.3) is 10.8 Å². The van der Waals surface area contributed by atoms with Crippen molar-refractivity contribution in [3.63, 3.8) is 0 Å². The van der Waals surface area contributed by atoms with Crippen LogP contribution in [-0.2, 0) is 23.8 Å². The van der Waals surface area contributed by atoms with Crippen LogP contribution in [0.1, 0.15) is 70.0 Å². The monoisotopic (exact) mass is 822 g/mol. The summed E-state index contributed by atoms with van der Waals surface area (Å²) < 4.78 is 23.6. The Kier molecular flexibility index (Phi) is 13.7. The molecule has 0 aliphatic carbocycles. The summed E-state index contributed by atoms with van der Waals surface area (Å²) in [5.41, 5.74) is -0.350. The summed E-state index contributed by atoms with van der Waals surface area (Å²) in [4.78, 5) is 42.6. The maximum Gasteiger partial charge on any atom is 0.312 e. The summed E-state index contributed by atoms with van der Waals surface area (Å²) in [5.74, 6) is -8.34. The Morgan fingerprint density at radius 3 is 2.24 bits per heavy atom. The van der Waals surface area contributed by atoms with E-state index in [4.69, 9.17) is 18.9 Å². The van der Waals surface area contributed by atoms with Gasteiger partial charge < -0.3 is 54.7 Å². The summed E-state index contributed by atoms with van der Waals surface area (Å²) in [6, 6.07) is 0. The number of carbonyl (C=O) groups is 3. The molecule has 16 nitrogen and oxygen atoms in total. The van der Waals surface area contributed by atoms with Gasteiger partial charge >= 0.3 is 11.8 Å². The number of carbonyl (C=O) groups excluding carboxylic acids is 3. The Morgan fingerprint density at radius 2 is 1.61 bits per heavy atom. The van der Waals surface area contributed by atoms with E-state index in [-0.39, 0.29) is 44.5 Å². The van der Waals surface area contributed by atoms with Gasteiger partial charge in [0.2, 0.25) is 0 Å². The van der Waals surface area contributed by atoms with E-state index >= 15 is 0 Å². The number of fused-ring (bicyclic) bond motifs is 14. The van der Waals surface area contributed by atoms with Gasteiger partial charge in [0.1, 0.15) is 23.4 Å². The highest BCUT2D eigenvalue weighted by Gasteiger charge is 2.50. The summed E-state index contributed by atoms with van der Waals surface area (Å²) in [5, 5.41) is 66.8. The van der Waals surface area contributed by atoms with Crippen molar-refractivity contribution >= 4 is 40.3 Å². The Morgan fingerprint density at radius 1 is 0.949 bits per heavy atom. The molecule has 9 atom stereocenters. The van der Waals surface area contributed by atoms with E-state index in [9.17, 15) is 39.9 Å². The van der Waals surface area contributed by atoms with Gasteiger partial charge in [-0.3, -0.25) is 19.4 Å². The van der Waals surface area contributed by atoms with Crippen LogP contribution in [0, 0.1) is 30.6 Å². The second kappa shape index (κ2) is 18.0. The molecule has 16 heteroatoms. The highest BCUT2D eigenvalue weighted by Crippen LogP contribution is 2.55. The predicted octanol–water partition coefficient (Wildman–Crippen LogP) is 4.34. The summed E-state index contributed by atoms with van der Waals surface area (Å²) >= 11 is 0. The highest BCUT2D eigenvalue weighted by molar-refractivity contribution is 6.23. The number of anilines is 1. The van der Waals surface area contributed by atoms with Crippen molar-refractivity contribution < 1.29 is 58.9 Å². The lowest BCUT2D eigenvalue weighted by molar-refractivity contribution is -0.160. The van der Waals surface area contributed by atoms with Crippen molar-refractivity contribution in [2.45, 2.75) is 85.6 Å². The van der Waals surface area contributed by atoms with E-state index in [0.29, 0.717) is 13.1 Å². The van der Waals surface area contributed by atoms with Crippen molar-refractivity contribution in [1.29, 1.82) is 0 Å². The summed E-state index contributed by atoms with van der Waals surface area (Å²) in [6.45, 7) is 15.1. The number of rotatable bonds is 4. The van der Waals surface area contributed by atoms with Crippen LogP contribution in [0.5, 0.6) is 23.0 Å². The van der Waals surface area contributed by atoms with Crippen molar-refractivity contribution in [1.82, 2.24) is 9.91 Å². The van der Waals surface area contributed by atoms with E-state index in [1.54, 1.807) is 44.9 Å². The molecular formula is C43H58N4O12. The first-order valence-electron chi connectivity index (χ1n) is 19.8. The number of ether oxygens (including phenoxy) is 4. The number of hydrogen-bond acceptors (Lipinski definition) is 15. The number of benzene rings is 2. The molecule has 1 amide bonds. The number of esters is 1. The molecule has 0 unspecified atom stereocenters. The van der Waals surface area contributed by atoms with Gasteiger partial charge in [0.05, 0.1) is 53.0 Å². The second-order valence-corrected chi connectivity index (χ2v) is 16.1. The Hall–Kier alpha value is -5.16. The largest absolute Gasteiger partial charge is 0.507 e. The van der Waals surface area contributed by atoms with Crippen LogP contribution in [0.3, 0.4) is 0 Å². The molecule has 4 aliphatic rings. The zero-order valence-corrected chi connectivity index (χ0v) is 35.3. The number of ketones is 1. The van der Waals surface area contributed by atoms with Crippen LogP contribution in [0.4, 0.5) is 5.69 Å². The lowest BCUT2D eigenvalue weighted by Gasteiger charge is -2.38. The minimum absolute atomic E-state index is 0.0559. The number of aromatic hydroxyl groups is 3. The number of phenolic OH excluding ortho intramolecular Hbond substituents is 3. The second-order valence-electron chi connectivity index (χ2n) is 16.1. The first-order chi connectivity index (χ1) is 27.7. The van der Waals surface area contributed by atoms with Gasteiger partial charge in [-0.25, -0.2) is 0 Å². The first-order valence-corrected chi connectivity index (χ1v) is 19.8. The van der Waals surface area contributed by atoms with Crippen LogP contribution in [0.2, 0.25) is 0 Å². The average Bonchev–Trinajstić information content (AvgIpc) is 3.46. The summed E-state index contributed by atoms with van der Waals surface area (Å²) in [7, 11) is 3.42. The Bertz CT molecular complexity index is 2070. The third kappa shape index (κ3) is 8.91. The molecule has 0 radical (unpaired) electrons. The van der Waals surface area contributed by atoms with Crippen molar-refractivity contribution in [2.24, 2.45) is 28.8 Å². The van der Waals surface area contributed by atoms with E-state index in [1.807, 2.05) is 7.05 Å². The van der Waals surface area contributed by atoms with Gasteiger partial charge in [0, 0.05) is 87.3 Å². The fraction of sp³-hybridized carbons (Fsp3) is 0.535. The topological polar surface area (TPSA) is 220 Å². The number of aliphatic hydroxyl groups excluding tert-OH is 2. The van der Waals surface area contributed by atoms with Gasteiger partial charge in [0.15, 0.2) is 5.75 Å². The molecule has 6 N–H and O–H groups in total. The van der Waals surface area contributed by atoms with E-state index < -0.39 is 88.8 Å². The van der Waals surface area contributed by atoms with Crippen LogP contribution >= 0.6 is 0 Å². The minimum atomic E-state index is -2.04. The minimum Gasteiger partial charge on any atom is -0.507 e. The van der Waals surface area contributed by atoms with Gasteiger partial charge in [-0.2, -0.15) is 5.10 Å². The molecular weight excluding hydrogens is 764 g/mol. The number of allylic oxidation sites excluding steroid dienone is 2. The molecule has 4 aliphatic heterocycles. The smallest absolute Gasteiger partial charge is 0.312 e. The number of likely N-dealkylation sites (N-methyl/N-ethyl adjacent to an activating group) is 1. The number of Topliss-reactive ketones (excluding diaryl/α,β-unsaturated/α-hetero) is 1. The quantitative estimate of drug-likeness (QED) is 0.109. The molecule has 1 fully saturated rings. The van der Waals surface area contributed by atoms with E-state index in [1.165, 1.54) is 59.4 Å². The van der Waals surface area contributed by atoms with Gasteiger partial charge in [0.25, 0.3) is 11.7 Å².